The van der Waals surface area contributed by atoms with Gasteiger partial charge in [-0.1, -0.05) is 189 Å². The number of anilines is 9. The van der Waals surface area contributed by atoms with Gasteiger partial charge in [-0.05, 0) is 222 Å². The summed E-state index contributed by atoms with van der Waals surface area (Å²) in [6, 6.07) is 64.4. The number of benzene rings is 8. The van der Waals surface area contributed by atoms with E-state index in [0.29, 0.717) is 0 Å². The van der Waals surface area contributed by atoms with E-state index in [1.165, 1.54) is 129 Å². The summed E-state index contributed by atoms with van der Waals surface area (Å²) in [6.07, 6.45) is 6.97. The van der Waals surface area contributed by atoms with Crippen LogP contribution in [-0.2, 0) is 37.9 Å². The Hall–Kier alpha value is -6.82. The smallest absolute Gasteiger partial charge is 0.254 e. The molecular formula is C78H84BN3S. The van der Waals surface area contributed by atoms with Crippen LogP contribution in [-0.4, -0.2) is 6.71 Å². The standard InChI is InChI=1S/C78H84BN3S/c1-72(2,3)50-31-34-64(55(41-50)49-25-19-16-20-26-49)82-67-44-54(80(51-27-21-17-22-28-51)52-29-23-18-24-30-52)43-66-70(67)79(69-56-45-59-62(48-68(56)83-71(69)82)78(14,15)40-37-75(59,8)9)63-46-60-61(77(12,13)39-38-76(60,10)11)47-65(63)81(66)53-32-33-57-58(42-53)74(6,7)36-35-73(57,4)5/h16-34,41-48H,35-40H2,1-15H3. The molecule has 3 nitrogen and oxygen atoms in total. The van der Waals surface area contributed by atoms with Crippen LogP contribution in [0.1, 0.15) is 181 Å². The summed E-state index contributed by atoms with van der Waals surface area (Å²) in [5.41, 5.74) is 26.7. The lowest BCUT2D eigenvalue weighted by Gasteiger charge is -2.48. The van der Waals surface area contributed by atoms with Gasteiger partial charge in [-0.15, -0.1) is 11.3 Å². The molecule has 0 saturated heterocycles. The fraction of sp³-hybridized carbons (Fsp3) is 0.359. The first-order valence-electron chi connectivity index (χ1n) is 31.1. The molecule has 0 saturated carbocycles. The molecule has 0 N–H and O–H groups in total. The Morgan fingerprint density at radius 1 is 0.410 bits per heavy atom. The van der Waals surface area contributed by atoms with Crippen molar-refractivity contribution in [1.29, 1.82) is 0 Å². The van der Waals surface area contributed by atoms with E-state index in [1.54, 1.807) is 0 Å². The van der Waals surface area contributed by atoms with Gasteiger partial charge in [0.05, 0.1) is 16.4 Å². The lowest BCUT2D eigenvalue weighted by Crippen LogP contribution is -2.61. The minimum Gasteiger partial charge on any atom is -0.311 e. The van der Waals surface area contributed by atoms with Crippen LogP contribution in [0.2, 0.25) is 0 Å². The van der Waals surface area contributed by atoms with Crippen molar-refractivity contribution in [2.45, 2.75) is 180 Å². The molecule has 0 spiro atoms. The molecule has 0 amide bonds. The lowest BCUT2D eigenvalue weighted by molar-refractivity contribution is 0.332. The number of hydrogen-bond acceptors (Lipinski definition) is 4. The first kappa shape index (κ1) is 54.1. The Kier molecular flexibility index (Phi) is 12.0. The third kappa shape index (κ3) is 8.46. The van der Waals surface area contributed by atoms with Gasteiger partial charge in [0, 0.05) is 44.4 Å². The number of rotatable bonds is 6. The second-order valence-corrected chi connectivity index (χ2v) is 31.6. The first-order chi connectivity index (χ1) is 39.2. The highest BCUT2D eigenvalue weighted by Crippen LogP contribution is 2.57. The van der Waals surface area contributed by atoms with Crippen LogP contribution >= 0.6 is 11.3 Å². The fourth-order valence-electron chi connectivity index (χ4n) is 15.6. The second kappa shape index (κ2) is 18.3. The van der Waals surface area contributed by atoms with Gasteiger partial charge in [0.2, 0.25) is 0 Å². The fourth-order valence-corrected chi connectivity index (χ4v) is 16.9. The molecule has 1 aromatic heterocycles. The number of fused-ring (bicyclic) bond motifs is 9. The molecule has 0 unspecified atom stereocenters. The zero-order valence-electron chi connectivity index (χ0n) is 52.2. The van der Waals surface area contributed by atoms with Crippen molar-refractivity contribution in [2.75, 3.05) is 14.7 Å². The average molecular weight is 1110 g/mol. The van der Waals surface area contributed by atoms with Crippen LogP contribution < -0.4 is 31.1 Å². The summed E-state index contributed by atoms with van der Waals surface area (Å²) in [5.74, 6) is 0. The number of hydrogen-bond donors (Lipinski definition) is 0. The van der Waals surface area contributed by atoms with Gasteiger partial charge in [-0.25, -0.2) is 0 Å². The molecule has 0 atom stereocenters. The van der Waals surface area contributed by atoms with E-state index < -0.39 is 0 Å². The molecule has 14 rings (SSSR count). The molecule has 2 aliphatic heterocycles. The molecule has 420 valence electrons. The normalized spacial score (nSPS) is 19.0. The van der Waals surface area contributed by atoms with Crippen LogP contribution in [0.3, 0.4) is 0 Å². The molecule has 8 aromatic carbocycles. The maximum absolute atomic E-state index is 2.75. The second-order valence-electron chi connectivity index (χ2n) is 30.6. The van der Waals surface area contributed by atoms with Crippen molar-refractivity contribution in [2.24, 2.45) is 0 Å². The summed E-state index contributed by atoms with van der Waals surface area (Å²) in [6.45, 7) is 37.0. The molecule has 5 heteroatoms. The van der Waals surface area contributed by atoms with Crippen LogP contribution in [0.5, 0.6) is 0 Å². The summed E-state index contributed by atoms with van der Waals surface area (Å²) >= 11 is 2.02. The molecule has 5 aliphatic rings. The van der Waals surface area contributed by atoms with E-state index >= 15 is 0 Å². The van der Waals surface area contributed by atoms with E-state index in [1.807, 2.05) is 11.3 Å². The molecular weight excluding hydrogens is 1020 g/mol. The quantitative estimate of drug-likeness (QED) is 0.154. The Bertz CT molecular complexity index is 4050. The molecule has 83 heavy (non-hydrogen) atoms. The highest BCUT2D eigenvalue weighted by molar-refractivity contribution is 7.26. The zero-order chi connectivity index (χ0) is 58.1. The molecule has 0 radical (unpaired) electrons. The molecule has 0 bridgehead atoms. The largest absolute Gasteiger partial charge is 0.311 e. The van der Waals surface area contributed by atoms with Crippen molar-refractivity contribution < 1.29 is 0 Å². The lowest BCUT2D eigenvalue weighted by atomic mass is 9.33. The zero-order valence-corrected chi connectivity index (χ0v) is 53.0. The van der Waals surface area contributed by atoms with Gasteiger partial charge in [-0.3, -0.25) is 0 Å². The van der Waals surface area contributed by atoms with Gasteiger partial charge in [-0.2, -0.15) is 0 Å². The Balaban J connectivity index is 1.19. The molecule has 9 aromatic rings. The van der Waals surface area contributed by atoms with Crippen LogP contribution in [0.15, 0.2) is 164 Å². The molecule has 3 aliphatic carbocycles. The minimum atomic E-state index is -0.0637. The summed E-state index contributed by atoms with van der Waals surface area (Å²) in [7, 11) is 0. The van der Waals surface area contributed by atoms with Crippen molar-refractivity contribution in [1.82, 2.24) is 0 Å². The Morgan fingerprint density at radius 3 is 1.45 bits per heavy atom. The highest BCUT2D eigenvalue weighted by Gasteiger charge is 2.50. The van der Waals surface area contributed by atoms with Crippen molar-refractivity contribution in [3.05, 3.63) is 203 Å². The third-order valence-electron chi connectivity index (χ3n) is 21.2. The Labute approximate surface area is 500 Å². The SMILES string of the molecule is CC(C)(C)c1ccc(N2c3cc(N(c4ccccc4)c4ccccc4)cc4c3B(c3cc5c(cc3N4c3ccc4c(c3)C(C)(C)CCC4(C)C)C(C)(C)CCC5(C)C)c3c2sc2cc4c(cc32)C(C)(C)CCC4(C)C)c(-c2ccccc2)c1. The number of thiophene rings is 1. The summed E-state index contributed by atoms with van der Waals surface area (Å²) in [5, 5.41) is 2.72. The topological polar surface area (TPSA) is 9.72 Å². The Morgan fingerprint density at radius 2 is 0.892 bits per heavy atom. The van der Waals surface area contributed by atoms with E-state index in [2.05, 4.69) is 282 Å². The van der Waals surface area contributed by atoms with Crippen molar-refractivity contribution in [3.63, 3.8) is 0 Å². The first-order valence-corrected chi connectivity index (χ1v) is 31.9. The van der Waals surface area contributed by atoms with E-state index in [-0.39, 0.29) is 44.6 Å². The number of para-hydroxylation sites is 2. The monoisotopic (exact) mass is 1110 g/mol. The van der Waals surface area contributed by atoms with Crippen LogP contribution in [0, 0.1) is 0 Å². The highest BCUT2D eigenvalue weighted by atomic mass is 32.1. The average Bonchev–Trinajstić information content (AvgIpc) is 1.83. The predicted molar refractivity (Wildman–Crippen MR) is 361 cm³/mol. The van der Waals surface area contributed by atoms with Crippen LogP contribution in [0.4, 0.5) is 50.5 Å². The summed E-state index contributed by atoms with van der Waals surface area (Å²) < 4.78 is 1.38. The van der Waals surface area contributed by atoms with Gasteiger partial charge in [0.1, 0.15) is 0 Å². The minimum absolute atomic E-state index is 0.000710. The summed E-state index contributed by atoms with van der Waals surface area (Å²) in [4.78, 5) is 8.02. The van der Waals surface area contributed by atoms with Crippen LogP contribution in [0.25, 0.3) is 21.2 Å². The molecule has 3 heterocycles. The molecule has 0 fully saturated rings. The number of nitrogens with zero attached hydrogens (tertiary/aromatic N) is 3. The predicted octanol–water partition coefficient (Wildman–Crippen LogP) is 20.5. The maximum Gasteiger partial charge on any atom is 0.254 e. The van der Waals surface area contributed by atoms with Crippen molar-refractivity contribution in [3.8, 4) is 11.1 Å². The van der Waals surface area contributed by atoms with Gasteiger partial charge in [0.15, 0.2) is 0 Å². The van der Waals surface area contributed by atoms with E-state index in [9.17, 15) is 0 Å². The van der Waals surface area contributed by atoms with Gasteiger partial charge in [0.25, 0.3) is 6.71 Å². The maximum atomic E-state index is 2.75. The van der Waals surface area contributed by atoms with E-state index in [4.69, 9.17) is 0 Å². The van der Waals surface area contributed by atoms with E-state index in [0.717, 1.165) is 36.3 Å². The van der Waals surface area contributed by atoms with Gasteiger partial charge < -0.3 is 14.7 Å². The van der Waals surface area contributed by atoms with Crippen molar-refractivity contribution >= 4 is 95.0 Å². The third-order valence-corrected chi connectivity index (χ3v) is 22.3. The van der Waals surface area contributed by atoms with Gasteiger partial charge >= 0.3 is 0 Å².